The van der Waals surface area contributed by atoms with E-state index in [0.29, 0.717) is 23.1 Å². The number of nitrogens with zero attached hydrogens (tertiary/aromatic N) is 2. The number of aryl methyl sites for hydroxylation is 2. The minimum Gasteiger partial charge on any atom is -0.338 e. The number of H-pyrrole nitrogens is 1. The molecule has 1 amide bonds. The fourth-order valence-electron chi connectivity index (χ4n) is 3.73. The van der Waals surface area contributed by atoms with E-state index >= 15 is 0 Å². The molecule has 0 spiro atoms. The van der Waals surface area contributed by atoms with Crippen molar-refractivity contribution in [2.24, 2.45) is 11.8 Å². The van der Waals surface area contributed by atoms with Crippen molar-refractivity contribution in [2.75, 3.05) is 33.2 Å². The zero-order valence-electron chi connectivity index (χ0n) is 12.3. The molecule has 2 aliphatic rings. The second-order valence-corrected chi connectivity index (χ2v) is 6.27. The molecule has 3 heterocycles. The molecule has 0 aliphatic carbocycles. The Bertz CT molecular complexity index is 567. The van der Waals surface area contributed by atoms with Gasteiger partial charge in [0.2, 0.25) is 5.56 Å². The molecule has 0 aromatic carbocycles. The standard InChI is InChI=1S/C15H21N3O2/c1-9-4-13(19)16-10(2)14(9)15(20)18-7-11-5-17(3)6-12(11)8-18/h4,11-12H,5-8H2,1-3H3,(H,16,19). The number of carbonyl (C=O) groups is 1. The van der Waals surface area contributed by atoms with E-state index < -0.39 is 0 Å². The zero-order chi connectivity index (χ0) is 14.4. The fourth-order valence-corrected chi connectivity index (χ4v) is 3.73. The van der Waals surface area contributed by atoms with E-state index in [1.165, 1.54) is 6.07 Å². The third-order valence-corrected chi connectivity index (χ3v) is 4.60. The molecule has 1 aromatic heterocycles. The minimum atomic E-state index is -0.142. The first-order valence-electron chi connectivity index (χ1n) is 7.14. The van der Waals surface area contributed by atoms with Gasteiger partial charge in [0.05, 0.1) is 5.56 Å². The van der Waals surface area contributed by atoms with E-state index in [1.807, 2.05) is 11.8 Å². The molecule has 2 fully saturated rings. The molecule has 2 atom stereocenters. The molecular weight excluding hydrogens is 254 g/mol. The summed E-state index contributed by atoms with van der Waals surface area (Å²) in [4.78, 5) is 31.1. The number of amides is 1. The van der Waals surface area contributed by atoms with Crippen molar-refractivity contribution in [1.82, 2.24) is 14.8 Å². The highest BCUT2D eigenvalue weighted by molar-refractivity contribution is 5.96. The summed E-state index contributed by atoms with van der Waals surface area (Å²) in [7, 11) is 2.14. The topological polar surface area (TPSA) is 56.4 Å². The van der Waals surface area contributed by atoms with Gasteiger partial charge < -0.3 is 14.8 Å². The van der Waals surface area contributed by atoms with Crippen LogP contribution >= 0.6 is 0 Å². The maximum atomic E-state index is 12.7. The molecule has 108 valence electrons. The Morgan fingerprint density at radius 3 is 2.35 bits per heavy atom. The number of pyridine rings is 1. The third-order valence-electron chi connectivity index (χ3n) is 4.60. The van der Waals surface area contributed by atoms with E-state index in [2.05, 4.69) is 16.9 Å². The first-order valence-corrected chi connectivity index (χ1v) is 7.14. The lowest BCUT2D eigenvalue weighted by molar-refractivity contribution is 0.0774. The van der Waals surface area contributed by atoms with Gasteiger partial charge >= 0.3 is 0 Å². The van der Waals surface area contributed by atoms with Crippen LogP contribution in [0, 0.1) is 25.7 Å². The number of likely N-dealkylation sites (tertiary alicyclic amines) is 2. The number of carbonyl (C=O) groups excluding carboxylic acids is 1. The van der Waals surface area contributed by atoms with E-state index in [4.69, 9.17) is 0 Å². The molecule has 0 radical (unpaired) electrons. The van der Waals surface area contributed by atoms with Crippen LogP contribution in [0.3, 0.4) is 0 Å². The van der Waals surface area contributed by atoms with E-state index in [9.17, 15) is 9.59 Å². The van der Waals surface area contributed by atoms with Crippen LogP contribution in [-0.4, -0.2) is 53.9 Å². The lowest BCUT2D eigenvalue weighted by Crippen LogP contribution is -2.33. The van der Waals surface area contributed by atoms with Gasteiger partial charge in [-0.1, -0.05) is 0 Å². The van der Waals surface area contributed by atoms with Gasteiger partial charge in [0, 0.05) is 37.9 Å². The summed E-state index contributed by atoms with van der Waals surface area (Å²) in [5, 5.41) is 0. The van der Waals surface area contributed by atoms with Crippen molar-refractivity contribution in [3.05, 3.63) is 33.2 Å². The van der Waals surface area contributed by atoms with Gasteiger partial charge in [0.25, 0.3) is 5.91 Å². The summed E-state index contributed by atoms with van der Waals surface area (Å²) in [5.41, 5.74) is 1.97. The molecule has 0 bridgehead atoms. The number of hydrogen-bond donors (Lipinski definition) is 1. The summed E-state index contributed by atoms with van der Waals surface area (Å²) >= 11 is 0. The molecule has 1 aromatic rings. The van der Waals surface area contributed by atoms with Crippen LogP contribution in [0.25, 0.3) is 0 Å². The average Bonchev–Trinajstić information content (AvgIpc) is 2.84. The number of fused-ring (bicyclic) bond motifs is 1. The molecule has 5 heteroatoms. The number of nitrogens with one attached hydrogen (secondary N) is 1. The Labute approximate surface area is 118 Å². The summed E-state index contributed by atoms with van der Waals surface area (Å²) in [6.07, 6.45) is 0. The van der Waals surface area contributed by atoms with Gasteiger partial charge in [0.1, 0.15) is 0 Å². The highest BCUT2D eigenvalue weighted by Gasteiger charge is 2.40. The maximum absolute atomic E-state index is 12.7. The van der Waals surface area contributed by atoms with Gasteiger partial charge in [-0.05, 0) is 38.3 Å². The van der Waals surface area contributed by atoms with Crippen molar-refractivity contribution >= 4 is 5.91 Å². The largest absolute Gasteiger partial charge is 0.338 e. The van der Waals surface area contributed by atoms with Crippen LogP contribution in [0.2, 0.25) is 0 Å². The molecule has 2 saturated heterocycles. The fraction of sp³-hybridized carbons (Fsp3) is 0.600. The first kappa shape index (κ1) is 13.4. The Hall–Kier alpha value is -1.62. The van der Waals surface area contributed by atoms with Gasteiger partial charge in [-0.25, -0.2) is 0 Å². The molecule has 3 rings (SSSR count). The normalized spacial score (nSPS) is 26.1. The van der Waals surface area contributed by atoms with Crippen molar-refractivity contribution in [3.63, 3.8) is 0 Å². The Morgan fingerprint density at radius 1 is 1.20 bits per heavy atom. The lowest BCUT2D eigenvalue weighted by Gasteiger charge is -2.21. The van der Waals surface area contributed by atoms with Crippen LogP contribution in [-0.2, 0) is 0 Å². The first-order chi connectivity index (χ1) is 9.45. The van der Waals surface area contributed by atoms with Crippen LogP contribution in [0.4, 0.5) is 0 Å². The second-order valence-electron chi connectivity index (χ2n) is 6.27. The van der Waals surface area contributed by atoms with Crippen molar-refractivity contribution in [1.29, 1.82) is 0 Å². The minimum absolute atomic E-state index is 0.0632. The zero-order valence-corrected chi connectivity index (χ0v) is 12.3. The summed E-state index contributed by atoms with van der Waals surface area (Å²) < 4.78 is 0. The quantitative estimate of drug-likeness (QED) is 0.817. The third kappa shape index (κ3) is 2.16. The summed E-state index contributed by atoms with van der Waals surface area (Å²) in [5.74, 6) is 1.27. The van der Waals surface area contributed by atoms with E-state index in [0.717, 1.165) is 31.7 Å². The number of rotatable bonds is 1. The van der Waals surface area contributed by atoms with E-state index in [-0.39, 0.29) is 11.5 Å². The number of aromatic nitrogens is 1. The van der Waals surface area contributed by atoms with Gasteiger partial charge in [0.15, 0.2) is 0 Å². The number of hydrogen-bond acceptors (Lipinski definition) is 3. The highest BCUT2D eigenvalue weighted by Crippen LogP contribution is 2.31. The molecular formula is C15H21N3O2. The molecule has 2 aliphatic heterocycles. The Morgan fingerprint density at radius 2 is 1.80 bits per heavy atom. The van der Waals surface area contributed by atoms with E-state index in [1.54, 1.807) is 6.92 Å². The predicted molar refractivity (Wildman–Crippen MR) is 76.9 cm³/mol. The lowest BCUT2D eigenvalue weighted by atomic mass is 10.0. The highest BCUT2D eigenvalue weighted by atomic mass is 16.2. The smallest absolute Gasteiger partial charge is 0.255 e. The molecule has 0 saturated carbocycles. The van der Waals surface area contributed by atoms with Crippen LogP contribution in [0.15, 0.2) is 10.9 Å². The summed E-state index contributed by atoms with van der Waals surface area (Å²) in [6, 6.07) is 1.50. The van der Waals surface area contributed by atoms with Crippen LogP contribution in [0.5, 0.6) is 0 Å². The molecule has 5 nitrogen and oxygen atoms in total. The molecule has 20 heavy (non-hydrogen) atoms. The molecule has 2 unspecified atom stereocenters. The molecule has 1 N–H and O–H groups in total. The Kier molecular flexibility index (Phi) is 3.17. The SMILES string of the molecule is Cc1cc(=O)[nH]c(C)c1C(=O)N1CC2CN(C)CC2C1. The van der Waals surface area contributed by atoms with Crippen LogP contribution in [0.1, 0.15) is 21.6 Å². The van der Waals surface area contributed by atoms with Gasteiger partial charge in [-0.3, -0.25) is 9.59 Å². The summed E-state index contributed by atoms with van der Waals surface area (Å²) in [6.45, 7) is 7.47. The monoisotopic (exact) mass is 275 g/mol. The van der Waals surface area contributed by atoms with Gasteiger partial charge in [-0.2, -0.15) is 0 Å². The Balaban J connectivity index is 1.83. The van der Waals surface area contributed by atoms with Crippen molar-refractivity contribution < 1.29 is 4.79 Å². The predicted octanol–water partition coefficient (Wildman–Crippen LogP) is 0.625. The van der Waals surface area contributed by atoms with Crippen molar-refractivity contribution in [2.45, 2.75) is 13.8 Å². The average molecular weight is 275 g/mol. The van der Waals surface area contributed by atoms with Crippen molar-refractivity contribution in [3.8, 4) is 0 Å². The number of aromatic amines is 1. The van der Waals surface area contributed by atoms with Gasteiger partial charge in [-0.15, -0.1) is 0 Å². The van der Waals surface area contributed by atoms with Crippen LogP contribution < -0.4 is 5.56 Å². The maximum Gasteiger partial charge on any atom is 0.255 e. The second kappa shape index (κ2) is 4.74.